The van der Waals surface area contributed by atoms with Crippen molar-refractivity contribution in [1.82, 2.24) is 0 Å². The second-order valence-corrected chi connectivity index (χ2v) is 7.87. The first-order chi connectivity index (χ1) is 10.8. The molecule has 0 saturated heterocycles. The van der Waals surface area contributed by atoms with Crippen molar-refractivity contribution in [2.24, 2.45) is 5.16 Å². The van der Waals surface area contributed by atoms with E-state index in [1.165, 1.54) is 12.1 Å². The van der Waals surface area contributed by atoms with E-state index in [0.717, 1.165) is 5.56 Å². The quantitative estimate of drug-likeness (QED) is 0.628. The summed E-state index contributed by atoms with van der Waals surface area (Å²) in [5.41, 5.74) is -4.85. The van der Waals surface area contributed by atoms with E-state index in [0.29, 0.717) is 12.1 Å². The third-order valence-corrected chi connectivity index (χ3v) is 3.90. The van der Waals surface area contributed by atoms with Crippen LogP contribution >= 0.6 is 0 Å². The fraction of sp³-hybridized carbons (Fsp3) is 0.533. The van der Waals surface area contributed by atoms with Gasteiger partial charge < -0.3 is 4.84 Å². The van der Waals surface area contributed by atoms with Crippen molar-refractivity contribution in [2.45, 2.75) is 52.1 Å². The summed E-state index contributed by atoms with van der Waals surface area (Å²) in [6.07, 6.45) is 0.347. The predicted octanol–water partition coefficient (Wildman–Crippen LogP) is 4.19. The Balaban J connectivity index is 3.35. The molecule has 1 aromatic carbocycles. The van der Waals surface area contributed by atoms with Crippen LogP contribution in [0.2, 0.25) is 0 Å². The van der Waals surface area contributed by atoms with E-state index in [2.05, 4.69) is 5.16 Å². The Kier molecular flexibility index (Phi) is 5.91. The lowest BCUT2D eigenvalue weighted by Gasteiger charge is -2.19. The maximum absolute atomic E-state index is 12.6. The van der Waals surface area contributed by atoms with Crippen LogP contribution in [0, 0.1) is 6.92 Å². The van der Waals surface area contributed by atoms with Crippen molar-refractivity contribution < 1.29 is 26.4 Å². The Hall–Kier alpha value is -1.77. The summed E-state index contributed by atoms with van der Waals surface area (Å²) in [6, 6.07) is 4.34. The van der Waals surface area contributed by atoms with Crippen LogP contribution in [0.1, 0.15) is 45.2 Å². The lowest BCUT2D eigenvalue weighted by atomic mass is 10.0. The molecule has 0 amide bonds. The van der Waals surface area contributed by atoms with Crippen LogP contribution in [0.15, 0.2) is 23.4 Å². The molecule has 0 aliphatic heterocycles. The largest absolute Gasteiger partial charge is 0.516 e. The molecular formula is C15H21F3N2O3S. The molecule has 1 aromatic rings. The number of aryl methyl sites for hydroxylation is 1. The van der Waals surface area contributed by atoms with Gasteiger partial charge in [0.05, 0.1) is 11.4 Å². The van der Waals surface area contributed by atoms with Crippen LogP contribution in [0.4, 0.5) is 18.9 Å². The first-order valence-electron chi connectivity index (χ1n) is 7.22. The standard InChI is InChI=1S/C15H21F3N2O3S/c1-6-12(19-23-14(3,4)5)11-9-10(2)7-8-13(11)20-24(21,22)15(16,17)18/h7-9,20H,6H2,1-5H3/b19-12+. The average molecular weight is 366 g/mol. The number of sulfonamides is 1. The monoisotopic (exact) mass is 366 g/mol. The number of halogens is 3. The molecule has 1 N–H and O–H groups in total. The average Bonchev–Trinajstić information content (AvgIpc) is 2.39. The molecule has 136 valence electrons. The SMILES string of the molecule is CC/C(=N\OC(C)(C)C)c1cc(C)ccc1NS(=O)(=O)C(F)(F)F. The topological polar surface area (TPSA) is 67.8 Å². The number of benzene rings is 1. The van der Waals surface area contributed by atoms with Crippen molar-refractivity contribution in [3.05, 3.63) is 29.3 Å². The van der Waals surface area contributed by atoms with Crippen LogP contribution in [-0.2, 0) is 14.9 Å². The number of rotatable bonds is 5. The summed E-state index contributed by atoms with van der Waals surface area (Å²) in [6.45, 7) is 8.80. The molecule has 1 rings (SSSR count). The summed E-state index contributed by atoms with van der Waals surface area (Å²) in [5, 5.41) is 3.98. The minimum Gasteiger partial charge on any atom is -0.390 e. The number of nitrogens with zero attached hydrogens (tertiary/aromatic N) is 1. The van der Waals surface area contributed by atoms with Crippen LogP contribution in [-0.4, -0.2) is 25.2 Å². The first kappa shape index (κ1) is 20.3. The van der Waals surface area contributed by atoms with Gasteiger partial charge in [0, 0.05) is 5.56 Å². The van der Waals surface area contributed by atoms with E-state index >= 15 is 0 Å². The van der Waals surface area contributed by atoms with Crippen LogP contribution in [0.3, 0.4) is 0 Å². The maximum atomic E-state index is 12.6. The van der Waals surface area contributed by atoms with Crippen molar-refractivity contribution in [2.75, 3.05) is 4.72 Å². The Bertz CT molecular complexity index is 720. The molecule has 5 nitrogen and oxygen atoms in total. The van der Waals surface area contributed by atoms with Gasteiger partial charge in [-0.05, 0) is 46.2 Å². The lowest BCUT2D eigenvalue weighted by molar-refractivity contribution is -0.0429. The van der Waals surface area contributed by atoms with E-state index in [-0.39, 0.29) is 11.3 Å². The summed E-state index contributed by atoms with van der Waals surface area (Å²) < 4.78 is 62.2. The van der Waals surface area contributed by atoms with Crippen molar-refractivity contribution >= 4 is 21.4 Å². The number of anilines is 1. The Labute approximate surface area is 139 Å². The van der Waals surface area contributed by atoms with Crippen LogP contribution in [0.5, 0.6) is 0 Å². The van der Waals surface area contributed by atoms with Gasteiger partial charge in [0.2, 0.25) is 0 Å². The highest BCUT2D eigenvalue weighted by molar-refractivity contribution is 7.93. The highest BCUT2D eigenvalue weighted by atomic mass is 32.2. The zero-order chi connectivity index (χ0) is 18.8. The summed E-state index contributed by atoms with van der Waals surface area (Å²) in [7, 11) is -5.52. The molecule has 24 heavy (non-hydrogen) atoms. The predicted molar refractivity (Wildman–Crippen MR) is 87.4 cm³/mol. The zero-order valence-electron chi connectivity index (χ0n) is 14.2. The smallest absolute Gasteiger partial charge is 0.390 e. The normalized spacial score (nSPS) is 13.8. The molecule has 9 heteroatoms. The van der Waals surface area contributed by atoms with Gasteiger partial charge in [-0.15, -0.1) is 0 Å². The van der Waals surface area contributed by atoms with Gasteiger partial charge in [0.25, 0.3) is 0 Å². The number of nitrogens with one attached hydrogen (secondary N) is 1. The van der Waals surface area contributed by atoms with E-state index in [1.54, 1.807) is 45.4 Å². The molecule has 0 heterocycles. The van der Waals surface area contributed by atoms with Crippen molar-refractivity contribution in [3.8, 4) is 0 Å². The van der Waals surface area contributed by atoms with Gasteiger partial charge in [0.15, 0.2) is 0 Å². The minimum absolute atomic E-state index is 0.198. The molecule has 0 aliphatic rings. The highest BCUT2D eigenvalue weighted by Crippen LogP contribution is 2.28. The molecule has 0 unspecified atom stereocenters. The third kappa shape index (κ3) is 5.40. The fourth-order valence-corrected chi connectivity index (χ4v) is 2.27. The minimum atomic E-state index is -5.52. The fourth-order valence-electron chi connectivity index (χ4n) is 1.68. The van der Waals surface area contributed by atoms with E-state index < -0.39 is 21.1 Å². The van der Waals surface area contributed by atoms with Crippen LogP contribution in [0.25, 0.3) is 0 Å². The van der Waals surface area contributed by atoms with Crippen molar-refractivity contribution in [1.29, 1.82) is 0 Å². The Morgan fingerprint density at radius 3 is 2.29 bits per heavy atom. The number of hydrogen-bond acceptors (Lipinski definition) is 4. The zero-order valence-corrected chi connectivity index (χ0v) is 15.0. The molecule has 0 saturated carbocycles. The molecule has 0 fully saturated rings. The second-order valence-electron chi connectivity index (χ2n) is 6.20. The molecule has 0 spiro atoms. The molecular weight excluding hydrogens is 345 g/mol. The summed E-state index contributed by atoms with van der Waals surface area (Å²) >= 11 is 0. The summed E-state index contributed by atoms with van der Waals surface area (Å²) in [4.78, 5) is 5.32. The Morgan fingerprint density at radius 1 is 1.25 bits per heavy atom. The molecule has 0 aliphatic carbocycles. The van der Waals surface area contributed by atoms with Gasteiger partial charge in [0.1, 0.15) is 5.60 Å². The van der Waals surface area contributed by atoms with E-state index in [9.17, 15) is 21.6 Å². The van der Waals surface area contributed by atoms with Crippen LogP contribution < -0.4 is 4.72 Å². The molecule has 0 bridgehead atoms. The molecule has 0 radical (unpaired) electrons. The van der Waals surface area contributed by atoms with Crippen molar-refractivity contribution in [3.63, 3.8) is 0 Å². The second kappa shape index (κ2) is 7.00. The highest BCUT2D eigenvalue weighted by Gasteiger charge is 2.46. The van der Waals surface area contributed by atoms with Gasteiger partial charge in [-0.25, -0.2) is 0 Å². The number of hydrogen-bond donors (Lipinski definition) is 1. The Morgan fingerprint density at radius 2 is 1.83 bits per heavy atom. The van der Waals surface area contributed by atoms with Gasteiger partial charge in [-0.1, -0.05) is 23.7 Å². The van der Waals surface area contributed by atoms with Gasteiger partial charge in [-0.3, -0.25) is 4.72 Å². The first-order valence-corrected chi connectivity index (χ1v) is 8.70. The number of oxime groups is 1. The third-order valence-electron chi connectivity index (χ3n) is 2.80. The number of alkyl halides is 3. The molecule has 0 atom stereocenters. The maximum Gasteiger partial charge on any atom is 0.516 e. The summed E-state index contributed by atoms with van der Waals surface area (Å²) in [5.74, 6) is 0. The van der Waals surface area contributed by atoms with E-state index in [1.807, 2.05) is 0 Å². The van der Waals surface area contributed by atoms with E-state index in [4.69, 9.17) is 4.84 Å². The van der Waals surface area contributed by atoms with Gasteiger partial charge >= 0.3 is 15.5 Å². The molecule has 0 aromatic heterocycles. The lowest BCUT2D eigenvalue weighted by Crippen LogP contribution is -2.30. The van der Waals surface area contributed by atoms with Gasteiger partial charge in [-0.2, -0.15) is 21.6 Å².